The zero-order valence-electron chi connectivity index (χ0n) is 9.91. The number of rotatable bonds is 3. The Morgan fingerprint density at radius 2 is 2.00 bits per heavy atom. The molecule has 1 aliphatic rings. The Kier molecular flexibility index (Phi) is 3.73. The molecule has 0 fully saturated rings. The van der Waals surface area contributed by atoms with Gasteiger partial charge >= 0.3 is 0 Å². The average molecular weight is 299 g/mol. The van der Waals surface area contributed by atoms with Gasteiger partial charge in [0.1, 0.15) is 0 Å². The Bertz CT molecular complexity index is 523. The molecule has 1 atom stereocenters. The molecular weight excluding hydrogens is 284 g/mol. The fraction of sp³-hybridized carbons (Fsp3) is 0.385. The van der Waals surface area contributed by atoms with E-state index >= 15 is 0 Å². The maximum Gasteiger partial charge on any atom is 0.0931 e. The van der Waals surface area contributed by atoms with E-state index < -0.39 is 0 Å². The fourth-order valence-corrected chi connectivity index (χ4v) is 5.00. The zero-order chi connectivity index (χ0) is 12.5. The van der Waals surface area contributed by atoms with Crippen LogP contribution >= 0.6 is 34.3 Å². The molecule has 5 heteroatoms. The SMILES string of the molecule is NNC(c1ccc(Cl)s1)c1cc2c(s1)CCCC2. The third-order valence-corrected chi connectivity index (χ3v) is 5.94. The van der Waals surface area contributed by atoms with Crippen molar-refractivity contribution in [2.75, 3.05) is 0 Å². The van der Waals surface area contributed by atoms with Gasteiger partial charge in [-0.05, 0) is 49.4 Å². The normalized spacial score (nSPS) is 16.6. The number of nitrogens with one attached hydrogen (secondary N) is 1. The first-order valence-corrected chi connectivity index (χ1v) is 8.12. The van der Waals surface area contributed by atoms with E-state index in [2.05, 4.69) is 17.6 Å². The number of hydrogen-bond donors (Lipinski definition) is 2. The Balaban J connectivity index is 1.94. The van der Waals surface area contributed by atoms with Gasteiger partial charge in [-0.1, -0.05) is 11.6 Å². The number of thiophene rings is 2. The summed E-state index contributed by atoms with van der Waals surface area (Å²) in [4.78, 5) is 4.03. The smallest absolute Gasteiger partial charge is 0.0931 e. The predicted octanol–water partition coefficient (Wildman–Crippen LogP) is 3.89. The summed E-state index contributed by atoms with van der Waals surface area (Å²) in [6, 6.07) is 6.38. The Morgan fingerprint density at radius 3 is 2.67 bits per heavy atom. The first-order chi connectivity index (χ1) is 8.78. The van der Waals surface area contributed by atoms with Gasteiger partial charge in [0.05, 0.1) is 10.4 Å². The summed E-state index contributed by atoms with van der Waals surface area (Å²) in [6.45, 7) is 0. The van der Waals surface area contributed by atoms with E-state index in [-0.39, 0.29) is 6.04 Å². The molecule has 2 aromatic heterocycles. The van der Waals surface area contributed by atoms with Gasteiger partial charge in [0.2, 0.25) is 0 Å². The van der Waals surface area contributed by atoms with Crippen molar-refractivity contribution in [2.45, 2.75) is 31.7 Å². The highest BCUT2D eigenvalue weighted by Gasteiger charge is 2.20. The first-order valence-electron chi connectivity index (χ1n) is 6.11. The van der Waals surface area contributed by atoms with Crippen LogP contribution in [-0.4, -0.2) is 0 Å². The Hall–Kier alpha value is -0.390. The highest BCUT2D eigenvalue weighted by molar-refractivity contribution is 7.16. The van der Waals surface area contributed by atoms with Gasteiger partial charge in [0.15, 0.2) is 0 Å². The van der Waals surface area contributed by atoms with Crippen molar-refractivity contribution in [1.29, 1.82) is 0 Å². The predicted molar refractivity (Wildman–Crippen MR) is 79.5 cm³/mol. The van der Waals surface area contributed by atoms with E-state index in [9.17, 15) is 0 Å². The van der Waals surface area contributed by atoms with Crippen LogP contribution in [0.2, 0.25) is 4.34 Å². The van der Waals surface area contributed by atoms with Crippen LogP contribution in [-0.2, 0) is 12.8 Å². The number of hydrazine groups is 1. The molecule has 18 heavy (non-hydrogen) atoms. The highest BCUT2D eigenvalue weighted by atomic mass is 35.5. The van der Waals surface area contributed by atoms with Crippen molar-refractivity contribution in [1.82, 2.24) is 5.43 Å². The van der Waals surface area contributed by atoms with Crippen molar-refractivity contribution in [2.24, 2.45) is 5.84 Å². The van der Waals surface area contributed by atoms with E-state index in [0.717, 1.165) is 4.34 Å². The van der Waals surface area contributed by atoms with E-state index in [0.29, 0.717) is 0 Å². The largest absolute Gasteiger partial charge is 0.271 e. The molecule has 0 radical (unpaired) electrons. The Labute approximate surface area is 120 Å². The maximum absolute atomic E-state index is 6.00. The summed E-state index contributed by atoms with van der Waals surface area (Å²) >= 11 is 9.49. The van der Waals surface area contributed by atoms with Crippen LogP contribution in [0, 0.1) is 0 Å². The molecule has 96 valence electrons. The molecule has 3 N–H and O–H groups in total. The minimum Gasteiger partial charge on any atom is -0.271 e. The fourth-order valence-electron chi connectivity index (χ4n) is 2.44. The van der Waals surface area contributed by atoms with Crippen LogP contribution in [0.1, 0.15) is 39.1 Å². The van der Waals surface area contributed by atoms with E-state index in [1.54, 1.807) is 16.2 Å². The molecule has 0 spiro atoms. The lowest BCUT2D eigenvalue weighted by molar-refractivity contribution is 0.655. The van der Waals surface area contributed by atoms with Gasteiger partial charge in [0, 0.05) is 14.6 Å². The average Bonchev–Trinajstić information content (AvgIpc) is 2.96. The molecule has 2 nitrogen and oxygen atoms in total. The Morgan fingerprint density at radius 1 is 1.17 bits per heavy atom. The minimum absolute atomic E-state index is 0.0816. The van der Waals surface area contributed by atoms with Gasteiger partial charge < -0.3 is 0 Å². The van der Waals surface area contributed by atoms with Crippen molar-refractivity contribution >= 4 is 34.3 Å². The molecule has 0 aliphatic heterocycles. The van der Waals surface area contributed by atoms with Gasteiger partial charge in [0.25, 0.3) is 0 Å². The third-order valence-electron chi connectivity index (χ3n) is 3.35. The number of nitrogens with two attached hydrogens (primary N) is 1. The van der Waals surface area contributed by atoms with Gasteiger partial charge in [-0.25, -0.2) is 5.43 Å². The first kappa shape index (κ1) is 12.6. The monoisotopic (exact) mass is 298 g/mol. The van der Waals surface area contributed by atoms with Gasteiger partial charge in [-0.2, -0.15) is 0 Å². The molecule has 1 unspecified atom stereocenters. The zero-order valence-corrected chi connectivity index (χ0v) is 12.3. The molecule has 0 aromatic carbocycles. The molecule has 0 saturated heterocycles. The van der Waals surface area contributed by atoms with Crippen LogP contribution in [0.3, 0.4) is 0 Å². The quantitative estimate of drug-likeness (QED) is 0.666. The van der Waals surface area contributed by atoms with Crippen LogP contribution in [0.4, 0.5) is 0 Å². The lowest BCUT2D eigenvalue weighted by Crippen LogP contribution is -2.27. The summed E-state index contributed by atoms with van der Waals surface area (Å²) < 4.78 is 0.812. The van der Waals surface area contributed by atoms with Gasteiger partial charge in [-0.15, -0.1) is 22.7 Å². The summed E-state index contributed by atoms with van der Waals surface area (Å²) in [5.74, 6) is 5.72. The van der Waals surface area contributed by atoms with Crippen LogP contribution in [0.15, 0.2) is 18.2 Å². The molecule has 2 aromatic rings. The molecule has 1 aliphatic carbocycles. The van der Waals surface area contributed by atoms with Crippen molar-refractivity contribution in [3.05, 3.63) is 42.7 Å². The van der Waals surface area contributed by atoms with Crippen molar-refractivity contribution in [3.8, 4) is 0 Å². The second kappa shape index (κ2) is 5.31. The van der Waals surface area contributed by atoms with E-state index in [1.165, 1.54) is 41.0 Å². The van der Waals surface area contributed by atoms with Crippen LogP contribution in [0.5, 0.6) is 0 Å². The lowest BCUT2D eigenvalue weighted by Gasteiger charge is -2.11. The molecule has 0 saturated carbocycles. The van der Waals surface area contributed by atoms with Crippen LogP contribution in [0.25, 0.3) is 0 Å². The number of halogens is 1. The van der Waals surface area contributed by atoms with Gasteiger partial charge in [-0.3, -0.25) is 5.84 Å². The third kappa shape index (κ3) is 2.36. The molecule has 3 rings (SSSR count). The number of hydrogen-bond acceptors (Lipinski definition) is 4. The molecule has 0 amide bonds. The van der Waals surface area contributed by atoms with E-state index in [1.807, 2.05) is 17.4 Å². The summed E-state index contributed by atoms with van der Waals surface area (Å²) in [6.07, 6.45) is 5.07. The molecular formula is C13H15ClN2S2. The number of aryl methyl sites for hydroxylation is 2. The number of fused-ring (bicyclic) bond motifs is 1. The minimum atomic E-state index is 0.0816. The summed E-state index contributed by atoms with van der Waals surface area (Å²) in [5.41, 5.74) is 4.44. The maximum atomic E-state index is 6.00. The highest BCUT2D eigenvalue weighted by Crippen LogP contribution is 2.37. The van der Waals surface area contributed by atoms with Crippen molar-refractivity contribution < 1.29 is 0 Å². The molecule has 0 bridgehead atoms. The standard InChI is InChI=1S/C13H15ClN2S2/c14-12-6-5-10(18-12)13(16-15)11-7-8-3-1-2-4-9(8)17-11/h5-7,13,16H,1-4,15H2. The van der Waals surface area contributed by atoms with E-state index in [4.69, 9.17) is 17.4 Å². The summed E-state index contributed by atoms with van der Waals surface area (Å²) in [7, 11) is 0. The second-order valence-electron chi connectivity index (χ2n) is 4.55. The topological polar surface area (TPSA) is 38.0 Å². The second-order valence-corrected chi connectivity index (χ2v) is 7.46. The van der Waals surface area contributed by atoms with Crippen LogP contribution < -0.4 is 11.3 Å². The molecule has 2 heterocycles. The lowest BCUT2D eigenvalue weighted by atomic mass is 9.99. The summed E-state index contributed by atoms with van der Waals surface area (Å²) in [5, 5.41) is 0. The van der Waals surface area contributed by atoms with Crippen molar-refractivity contribution in [3.63, 3.8) is 0 Å².